The number of hydrogen-bond donors (Lipinski definition) is 0. The Morgan fingerprint density at radius 2 is 0.967 bits per heavy atom. The van der Waals surface area contributed by atoms with Crippen molar-refractivity contribution >= 4 is 60.3 Å². The summed E-state index contributed by atoms with van der Waals surface area (Å²) in [7, 11) is 0. The predicted molar refractivity (Wildman–Crippen MR) is 135 cm³/mol. The van der Waals surface area contributed by atoms with Crippen LogP contribution in [-0.2, 0) is 0 Å². The van der Waals surface area contributed by atoms with Crippen LogP contribution in [0.5, 0.6) is 0 Å². The van der Waals surface area contributed by atoms with Gasteiger partial charge in [0.2, 0.25) is 5.78 Å². The highest BCUT2D eigenvalue weighted by Crippen LogP contribution is 2.48. The number of hydrogen-bond acceptors (Lipinski definition) is 1. The molecule has 4 aromatic rings. The summed E-state index contributed by atoms with van der Waals surface area (Å²) in [6, 6.07) is 37.9. The van der Waals surface area contributed by atoms with Crippen molar-refractivity contribution in [2.24, 2.45) is 0 Å². The van der Waals surface area contributed by atoms with Crippen molar-refractivity contribution in [1.82, 2.24) is 0 Å². The van der Waals surface area contributed by atoms with Crippen molar-refractivity contribution in [2.45, 2.75) is 0 Å². The maximum absolute atomic E-state index is 13.7. The van der Waals surface area contributed by atoms with Crippen LogP contribution < -0.4 is 15.9 Å². The van der Waals surface area contributed by atoms with Gasteiger partial charge in [-0.05, 0) is 63.0 Å². The molecule has 0 fully saturated rings. The molecule has 0 N–H and O–H groups in total. The number of ketones is 1. The molecule has 30 heavy (non-hydrogen) atoms. The predicted octanol–water partition coefficient (Wildman–Crippen LogP) is 6.04. The SMILES string of the molecule is O=C(C(Br)=P(c1ccccc1)(c1ccccc1)c1ccccc1)c1ccc(Cl)cc1. The molecule has 0 bridgehead atoms. The van der Waals surface area contributed by atoms with Crippen LogP contribution in [0.1, 0.15) is 10.4 Å². The molecular formula is C26H19BrClOP. The Kier molecular flexibility index (Phi) is 6.39. The normalized spacial score (nSPS) is 11.1. The first-order valence-electron chi connectivity index (χ1n) is 9.53. The van der Waals surface area contributed by atoms with Gasteiger partial charge in [-0.3, -0.25) is 4.79 Å². The van der Waals surface area contributed by atoms with Gasteiger partial charge in [0.05, 0.1) is 4.20 Å². The zero-order valence-corrected chi connectivity index (χ0v) is 19.3. The number of benzene rings is 4. The number of halogens is 2. The summed E-state index contributed by atoms with van der Waals surface area (Å²) in [6.07, 6.45) is 0. The summed E-state index contributed by atoms with van der Waals surface area (Å²) < 4.78 is 0.668. The first-order valence-corrected chi connectivity index (χ1v) is 12.5. The lowest BCUT2D eigenvalue weighted by Gasteiger charge is -2.30. The van der Waals surface area contributed by atoms with Gasteiger partial charge in [-0.2, -0.15) is 0 Å². The van der Waals surface area contributed by atoms with Gasteiger partial charge in [-0.15, -0.1) is 0 Å². The van der Waals surface area contributed by atoms with Crippen LogP contribution in [0, 0.1) is 0 Å². The van der Waals surface area contributed by atoms with Gasteiger partial charge < -0.3 is 0 Å². The zero-order chi connectivity index (χ0) is 21.0. The summed E-state index contributed by atoms with van der Waals surface area (Å²) in [5, 5.41) is 3.97. The smallest absolute Gasteiger partial charge is 0.200 e. The minimum Gasteiger partial charge on any atom is -0.288 e. The summed E-state index contributed by atoms with van der Waals surface area (Å²) in [5.41, 5.74) is 0.610. The Labute approximate surface area is 190 Å². The van der Waals surface area contributed by atoms with Crippen molar-refractivity contribution in [3.05, 3.63) is 126 Å². The Hall–Kier alpha value is -2.38. The lowest BCUT2D eigenvalue weighted by atomic mass is 10.1. The van der Waals surface area contributed by atoms with Crippen molar-refractivity contribution in [1.29, 1.82) is 0 Å². The largest absolute Gasteiger partial charge is 0.288 e. The first-order chi connectivity index (χ1) is 14.6. The lowest BCUT2D eigenvalue weighted by molar-refractivity contribution is 0.107. The van der Waals surface area contributed by atoms with Gasteiger partial charge in [-0.25, -0.2) is 0 Å². The number of carbonyl (C=O) groups is 1. The molecule has 0 aliphatic rings. The molecule has 0 radical (unpaired) electrons. The van der Waals surface area contributed by atoms with Gasteiger partial charge in [0, 0.05) is 10.6 Å². The monoisotopic (exact) mass is 492 g/mol. The first kappa shape index (κ1) is 20.9. The van der Waals surface area contributed by atoms with Crippen molar-refractivity contribution in [2.75, 3.05) is 0 Å². The Balaban J connectivity index is 2.13. The van der Waals surface area contributed by atoms with Crippen LogP contribution in [0.4, 0.5) is 0 Å². The summed E-state index contributed by atoms with van der Waals surface area (Å²) in [4.78, 5) is 13.7. The van der Waals surface area contributed by atoms with E-state index in [-0.39, 0.29) is 5.78 Å². The van der Waals surface area contributed by atoms with Crippen LogP contribution >= 0.6 is 34.4 Å². The van der Waals surface area contributed by atoms with E-state index in [0.717, 1.165) is 15.9 Å². The number of rotatable bonds is 5. The fraction of sp³-hybridized carbons (Fsp3) is 0. The minimum atomic E-state index is -2.43. The van der Waals surface area contributed by atoms with E-state index in [1.807, 2.05) is 54.6 Å². The van der Waals surface area contributed by atoms with E-state index in [9.17, 15) is 4.79 Å². The van der Waals surface area contributed by atoms with E-state index in [0.29, 0.717) is 14.8 Å². The van der Waals surface area contributed by atoms with Gasteiger partial charge in [-0.1, -0.05) is 103 Å². The van der Waals surface area contributed by atoms with E-state index in [2.05, 4.69) is 52.3 Å². The second-order valence-electron chi connectivity index (χ2n) is 6.80. The highest BCUT2D eigenvalue weighted by atomic mass is 79.9. The molecule has 0 heterocycles. The summed E-state index contributed by atoms with van der Waals surface area (Å²) >= 11 is 9.87. The molecule has 0 atom stereocenters. The van der Waals surface area contributed by atoms with E-state index >= 15 is 0 Å². The Bertz CT molecular complexity index is 1100. The highest BCUT2D eigenvalue weighted by molar-refractivity contribution is 9.20. The average molecular weight is 494 g/mol. The van der Waals surface area contributed by atoms with Crippen LogP contribution in [0.25, 0.3) is 0 Å². The highest BCUT2D eigenvalue weighted by Gasteiger charge is 2.32. The Morgan fingerprint density at radius 3 is 1.33 bits per heavy atom. The minimum absolute atomic E-state index is 0.0310. The van der Waals surface area contributed by atoms with Crippen LogP contribution in [0.3, 0.4) is 0 Å². The average Bonchev–Trinajstić information content (AvgIpc) is 2.82. The molecule has 0 spiro atoms. The molecule has 4 rings (SSSR count). The van der Waals surface area contributed by atoms with Crippen LogP contribution in [0.2, 0.25) is 5.02 Å². The molecular weight excluding hydrogens is 475 g/mol. The zero-order valence-electron chi connectivity index (χ0n) is 16.1. The molecule has 0 unspecified atom stereocenters. The second kappa shape index (κ2) is 9.18. The maximum Gasteiger partial charge on any atom is 0.200 e. The second-order valence-corrected chi connectivity index (χ2v) is 12.0. The van der Waals surface area contributed by atoms with Crippen molar-refractivity contribution < 1.29 is 4.79 Å². The van der Waals surface area contributed by atoms with Gasteiger partial charge in [0.1, 0.15) is 0 Å². The number of Topliss-reactive ketones (excluding diaryl/α,β-unsaturated/α-hetero) is 1. The third-order valence-corrected chi connectivity index (χ3v) is 11.2. The van der Waals surface area contributed by atoms with Crippen molar-refractivity contribution in [3.63, 3.8) is 0 Å². The molecule has 0 amide bonds. The third kappa shape index (κ3) is 3.84. The van der Waals surface area contributed by atoms with E-state index < -0.39 is 6.89 Å². The molecule has 0 aromatic heterocycles. The molecule has 148 valence electrons. The molecule has 0 aliphatic heterocycles. The number of carbonyl (C=O) groups excluding carboxylic acids is 1. The molecule has 0 aliphatic carbocycles. The molecule has 0 saturated heterocycles. The van der Waals surface area contributed by atoms with E-state index in [1.54, 1.807) is 24.3 Å². The van der Waals surface area contributed by atoms with Gasteiger partial charge in [0.25, 0.3) is 0 Å². The topological polar surface area (TPSA) is 17.1 Å². The standard InChI is InChI=1S/C26H19BrClOP/c27-26(25(29)20-16-18-21(28)19-17-20)30(22-10-4-1-5-11-22,23-12-6-2-7-13-23)24-14-8-3-9-15-24/h1-19H. The fourth-order valence-corrected chi connectivity index (χ4v) is 9.68. The van der Waals surface area contributed by atoms with Gasteiger partial charge in [0.15, 0.2) is 0 Å². The molecule has 4 aromatic carbocycles. The van der Waals surface area contributed by atoms with Crippen LogP contribution in [-0.4, -0.2) is 9.99 Å². The van der Waals surface area contributed by atoms with Crippen LogP contribution in [0.15, 0.2) is 115 Å². The lowest BCUT2D eigenvalue weighted by Crippen LogP contribution is -2.31. The maximum atomic E-state index is 13.7. The molecule has 0 saturated carbocycles. The third-order valence-electron chi connectivity index (χ3n) is 5.02. The molecule has 4 heteroatoms. The fourth-order valence-electron chi connectivity index (χ4n) is 3.61. The van der Waals surface area contributed by atoms with E-state index in [1.165, 1.54) is 0 Å². The summed E-state index contributed by atoms with van der Waals surface area (Å²) in [6.45, 7) is -2.43. The van der Waals surface area contributed by atoms with E-state index in [4.69, 9.17) is 11.6 Å². The Morgan fingerprint density at radius 1 is 0.600 bits per heavy atom. The van der Waals surface area contributed by atoms with Crippen molar-refractivity contribution in [3.8, 4) is 0 Å². The molecule has 1 nitrogen and oxygen atoms in total. The summed E-state index contributed by atoms with van der Waals surface area (Å²) in [5.74, 6) is -0.0310. The quantitative estimate of drug-likeness (QED) is 0.245. The van der Waals surface area contributed by atoms with Gasteiger partial charge >= 0.3 is 0 Å².